The summed E-state index contributed by atoms with van der Waals surface area (Å²) in [5, 5.41) is 3.69. The fraction of sp³-hybridized carbons (Fsp3) is 0.444. The molecule has 3 fully saturated rings. The number of amides is 1. The Morgan fingerprint density at radius 2 is 1.19 bits per heavy atom. The van der Waals surface area contributed by atoms with E-state index in [0.717, 1.165) is 44.1 Å². The molecule has 0 radical (unpaired) electrons. The van der Waals surface area contributed by atoms with E-state index in [9.17, 15) is 35.9 Å². The Kier molecular flexibility index (Phi) is 8.89. The van der Waals surface area contributed by atoms with E-state index in [0.29, 0.717) is 39.9 Å². The van der Waals surface area contributed by atoms with Crippen molar-refractivity contribution in [2.45, 2.75) is 83.5 Å². The first-order valence-corrected chi connectivity index (χ1v) is 16.1. The molecule has 0 spiro atoms. The van der Waals surface area contributed by atoms with Gasteiger partial charge in [-0.25, -0.2) is 14.8 Å². The average Bonchev–Trinajstić information content (AvgIpc) is 3.85. The van der Waals surface area contributed by atoms with E-state index < -0.39 is 35.4 Å². The zero-order valence-corrected chi connectivity index (χ0v) is 26.7. The Balaban J connectivity index is 0.000000168. The van der Waals surface area contributed by atoms with E-state index in [2.05, 4.69) is 15.3 Å². The number of esters is 1. The van der Waals surface area contributed by atoms with Crippen LogP contribution in [0.1, 0.15) is 112 Å². The van der Waals surface area contributed by atoms with E-state index in [4.69, 9.17) is 4.74 Å². The molecule has 12 heteroatoms. The van der Waals surface area contributed by atoms with E-state index in [1.807, 2.05) is 0 Å². The number of aryl methyl sites for hydroxylation is 2. The van der Waals surface area contributed by atoms with Crippen LogP contribution in [0.5, 0.6) is 0 Å². The van der Waals surface area contributed by atoms with Crippen molar-refractivity contribution < 1.29 is 40.7 Å². The van der Waals surface area contributed by atoms with Crippen molar-refractivity contribution in [1.29, 1.82) is 0 Å². The van der Waals surface area contributed by atoms with Crippen LogP contribution in [0.2, 0.25) is 0 Å². The lowest BCUT2D eigenvalue weighted by Gasteiger charge is -2.15. The Labute approximate surface area is 273 Å². The van der Waals surface area contributed by atoms with Gasteiger partial charge in [0, 0.05) is 17.3 Å². The molecular weight excluding hydrogens is 636 g/mol. The third kappa shape index (κ3) is 7.42. The Morgan fingerprint density at radius 1 is 0.729 bits per heavy atom. The summed E-state index contributed by atoms with van der Waals surface area (Å²) in [4.78, 5) is 32.1. The number of fused-ring (bicyclic) bond motifs is 2. The molecule has 7 rings (SSSR count). The summed E-state index contributed by atoms with van der Waals surface area (Å²) in [6, 6.07) is 9.01. The highest BCUT2D eigenvalue weighted by molar-refractivity contribution is 5.97. The number of rotatable bonds is 7. The molecule has 1 amide bonds. The van der Waals surface area contributed by atoms with Gasteiger partial charge in [-0.05, 0) is 136 Å². The molecule has 254 valence electrons. The van der Waals surface area contributed by atoms with Gasteiger partial charge in [0.2, 0.25) is 0 Å². The van der Waals surface area contributed by atoms with Gasteiger partial charge in [0.25, 0.3) is 5.91 Å². The van der Waals surface area contributed by atoms with Crippen LogP contribution in [0.4, 0.5) is 26.3 Å². The molecule has 3 aliphatic carbocycles. The van der Waals surface area contributed by atoms with Gasteiger partial charge in [0.1, 0.15) is 11.4 Å². The topological polar surface area (TPSA) is 81.2 Å². The first kappa shape index (κ1) is 33.7. The molecule has 2 aromatic heterocycles. The number of hydrogen-bond acceptors (Lipinski definition) is 5. The van der Waals surface area contributed by atoms with E-state index >= 15 is 0 Å². The van der Waals surface area contributed by atoms with Crippen molar-refractivity contribution in [2.75, 3.05) is 13.2 Å². The van der Waals surface area contributed by atoms with Gasteiger partial charge in [-0.1, -0.05) is 0 Å². The Morgan fingerprint density at radius 3 is 1.60 bits per heavy atom. The van der Waals surface area contributed by atoms with Gasteiger partial charge in [-0.3, -0.25) is 4.79 Å². The van der Waals surface area contributed by atoms with Crippen LogP contribution in [0.15, 0.2) is 36.4 Å². The maximum Gasteiger partial charge on any atom is 0.418 e. The molecule has 3 saturated carbocycles. The van der Waals surface area contributed by atoms with E-state index in [-0.39, 0.29) is 40.9 Å². The van der Waals surface area contributed by atoms with Crippen molar-refractivity contribution in [1.82, 2.24) is 15.3 Å². The van der Waals surface area contributed by atoms with Crippen molar-refractivity contribution in [3.63, 3.8) is 0 Å². The number of nitrogens with zero attached hydrogens (tertiary/aromatic N) is 2. The number of hydrogen-bond donors (Lipinski definition) is 1. The maximum absolute atomic E-state index is 13.6. The summed E-state index contributed by atoms with van der Waals surface area (Å²) in [5.74, 6) is -0.207. The number of carbonyl (C=O) groups excluding carboxylic acids is 2. The fourth-order valence-electron chi connectivity index (χ4n) is 5.84. The molecule has 4 aromatic rings. The number of ether oxygens (including phenoxy) is 1. The number of benzene rings is 2. The maximum atomic E-state index is 13.6. The molecule has 6 nitrogen and oxygen atoms in total. The van der Waals surface area contributed by atoms with Crippen molar-refractivity contribution >= 4 is 33.7 Å². The lowest BCUT2D eigenvalue weighted by atomic mass is 9.98. The monoisotopic (exact) mass is 671 g/mol. The first-order chi connectivity index (χ1) is 22.6. The van der Waals surface area contributed by atoms with Crippen LogP contribution >= 0.6 is 0 Å². The second kappa shape index (κ2) is 12.7. The van der Waals surface area contributed by atoms with E-state index in [1.54, 1.807) is 39.0 Å². The predicted octanol–water partition coefficient (Wildman–Crippen LogP) is 9.20. The second-order valence-corrected chi connectivity index (χ2v) is 13.0. The minimum absolute atomic E-state index is 0.0512. The molecule has 0 unspecified atom stereocenters. The molecule has 2 heterocycles. The van der Waals surface area contributed by atoms with Gasteiger partial charge < -0.3 is 10.1 Å². The van der Waals surface area contributed by atoms with Gasteiger partial charge in [0.05, 0.1) is 28.8 Å². The molecule has 0 saturated heterocycles. The number of carbonyl (C=O) groups is 2. The van der Waals surface area contributed by atoms with Crippen LogP contribution in [0, 0.1) is 19.8 Å². The number of halogens is 6. The van der Waals surface area contributed by atoms with Crippen molar-refractivity contribution in [3.8, 4) is 0 Å². The third-order valence-electron chi connectivity index (χ3n) is 8.96. The standard InChI is InChI=1S/C19H19F3N2O.C17H16F3NO2/c1-10-6-16(18(25)23-9-11-2-3-11)24-17-14(10)7-13(12-4-5-12)8-15(17)19(20,21)22;1-3-23-16(22)14-6-9(2)12-7-11(10-4-5-10)8-13(15(12)21-14)17(18,19)20/h6-8,11-12H,2-5,9H2,1H3,(H,23,25);6-8,10H,3-5H2,1-2H3. The third-order valence-corrected chi connectivity index (χ3v) is 8.96. The number of pyridine rings is 2. The minimum atomic E-state index is -4.52. The number of aromatic nitrogens is 2. The minimum Gasteiger partial charge on any atom is -0.461 e. The molecule has 0 aliphatic heterocycles. The van der Waals surface area contributed by atoms with Crippen LogP contribution in [0.25, 0.3) is 21.8 Å². The first-order valence-electron chi connectivity index (χ1n) is 16.1. The van der Waals surface area contributed by atoms with Crippen molar-refractivity contribution in [2.24, 2.45) is 5.92 Å². The molecule has 3 aliphatic rings. The smallest absolute Gasteiger partial charge is 0.418 e. The highest BCUT2D eigenvalue weighted by atomic mass is 19.4. The highest BCUT2D eigenvalue weighted by Crippen LogP contribution is 2.46. The zero-order valence-electron chi connectivity index (χ0n) is 26.7. The van der Waals surface area contributed by atoms with Crippen LogP contribution in [-0.4, -0.2) is 35.0 Å². The number of alkyl halides is 6. The molecule has 1 N–H and O–H groups in total. The summed E-state index contributed by atoms with van der Waals surface area (Å²) in [6.45, 7) is 5.76. The van der Waals surface area contributed by atoms with Crippen LogP contribution in [-0.2, 0) is 17.1 Å². The zero-order chi connectivity index (χ0) is 34.5. The fourth-order valence-corrected chi connectivity index (χ4v) is 5.84. The quantitative estimate of drug-likeness (QED) is 0.157. The lowest BCUT2D eigenvalue weighted by molar-refractivity contribution is -0.137. The molecule has 48 heavy (non-hydrogen) atoms. The van der Waals surface area contributed by atoms with Crippen LogP contribution < -0.4 is 5.32 Å². The Bertz CT molecular complexity index is 1910. The lowest BCUT2D eigenvalue weighted by Crippen LogP contribution is -2.26. The average molecular weight is 672 g/mol. The summed E-state index contributed by atoms with van der Waals surface area (Å²) >= 11 is 0. The van der Waals surface area contributed by atoms with Crippen molar-refractivity contribution in [3.05, 3.63) is 81.2 Å². The van der Waals surface area contributed by atoms with Crippen LogP contribution in [0.3, 0.4) is 0 Å². The summed E-state index contributed by atoms with van der Waals surface area (Å²) in [7, 11) is 0. The summed E-state index contributed by atoms with van der Waals surface area (Å²) in [5.41, 5.74) is 0.753. The largest absolute Gasteiger partial charge is 0.461 e. The molecular formula is C36H35F6N3O3. The molecule has 0 atom stereocenters. The highest BCUT2D eigenvalue weighted by Gasteiger charge is 2.38. The van der Waals surface area contributed by atoms with Gasteiger partial charge >= 0.3 is 18.3 Å². The van der Waals surface area contributed by atoms with Gasteiger partial charge in [-0.15, -0.1) is 0 Å². The second-order valence-electron chi connectivity index (χ2n) is 13.0. The van der Waals surface area contributed by atoms with Gasteiger partial charge in [0.15, 0.2) is 0 Å². The summed E-state index contributed by atoms with van der Waals surface area (Å²) in [6.07, 6.45) is -3.15. The molecule has 2 aromatic carbocycles. The van der Waals surface area contributed by atoms with E-state index in [1.165, 1.54) is 18.2 Å². The van der Waals surface area contributed by atoms with Gasteiger partial charge in [-0.2, -0.15) is 26.3 Å². The predicted molar refractivity (Wildman–Crippen MR) is 168 cm³/mol. The Hall–Kier alpha value is -4.22. The number of nitrogens with one attached hydrogen (secondary N) is 1. The normalized spacial score (nSPS) is 16.4. The summed E-state index contributed by atoms with van der Waals surface area (Å²) < 4.78 is 85.9. The molecule has 0 bridgehead atoms. The SMILES string of the molecule is CCOC(=O)c1cc(C)c2cc(C3CC3)cc(C(F)(F)F)c2n1.Cc1cc(C(=O)NCC2CC2)nc2c(C(F)(F)F)cc(C3CC3)cc12.